The minimum Gasteiger partial charge on any atom is -0.356 e. The Morgan fingerprint density at radius 3 is 2.69 bits per heavy atom. The number of benzene rings is 2. The van der Waals surface area contributed by atoms with E-state index in [1.165, 1.54) is 18.2 Å². The summed E-state index contributed by atoms with van der Waals surface area (Å²) < 4.78 is 32.9. The molecule has 0 aliphatic carbocycles. The molecule has 1 aliphatic rings. The number of pyridine rings is 1. The van der Waals surface area contributed by atoms with Gasteiger partial charge in [0.1, 0.15) is 17.5 Å². The molecule has 1 N–H and O–H groups in total. The van der Waals surface area contributed by atoms with Crippen molar-refractivity contribution in [1.29, 1.82) is 0 Å². The van der Waals surface area contributed by atoms with Gasteiger partial charge in [-0.25, -0.2) is 13.8 Å². The number of aromatic nitrogens is 3. The van der Waals surface area contributed by atoms with Crippen molar-refractivity contribution in [3.8, 4) is 22.8 Å². The fourth-order valence-electron chi connectivity index (χ4n) is 4.22. The Labute approximate surface area is 200 Å². The molecule has 178 valence electrons. The molecule has 0 bridgehead atoms. The lowest BCUT2D eigenvalue weighted by Gasteiger charge is -2.32. The zero-order valence-corrected chi connectivity index (χ0v) is 18.8. The van der Waals surface area contributed by atoms with Gasteiger partial charge >= 0.3 is 0 Å². The highest BCUT2D eigenvalue weighted by molar-refractivity contribution is 5.79. The first-order valence-corrected chi connectivity index (χ1v) is 11.4. The Kier molecular flexibility index (Phi) is 6.47. The molecule has 0 atom stereocenters. The van der Waals surface area contributed by atoms with Crippen LogP contribution in [0.5, 0.6) is 0 Å². The number of carbonyl (C=O) groups excluding carboxylic acids is 1. The van der Waals surface area contributed by atoms with Crippen LogP contribution in [0.2, 0.25) is 0 Å². The van der Waals surface area contributed by atoms with Gasteiger partial charge in [-0.2, -0.15) is 4.98 Å². The van der Waals surface area contributed by atoms with E-state index < -0.39 is 0 Å². The van der Waals surface area contributed by atoms with E-state index in [1.807, 2.05) is 6.07 Å². The standard InChI is InChI=1S/C26H23F2N5O2/c27-20-7-3-6-18(15-20)23-31-26(35-32-23)21-8-4-12-29-24(21)33-13-10-17(11-14-33)25(34)30-16-19-5-1-2-9-22(19)28/h1-9,12,15,17H,10-11,13-14,16H2,(H,30,34). The van der Waals surface area contributed by atoms with Crippen molar-refractivity contribution in [3.05, 3.63) is 84.1 Å². The minimum absolute atomic E-state index is 0.0780. The van der Waals surface area contributed by atoms with Gasteiger partial charge < -0.3 is 14.7 Å². The molecule has 1 fully saturated rings. The monoisotopic (exact) mass is 475 g/mol. The molecule has 35 heavy (non-hydrogen) atoms. The number of nitrogens with one attached hydrogen (secondary N) is 1. The Balaban J connectivity index is 1.25. The first kappa shape index (κ1) is 22.6. The van der Waals surface area contributed by atoms with Crippen LogP contribution in [-0.4, -0.2) is 34.1 Å². The molecule has 5 rings (SSSR count). The molecule has 1 aliphatic heterocycles. The number of hydrogen-bond donors (Lipinski definition) is 1. The molecule has 1 saturated heterocycles. The number of piperidine rings is 1. The van der Waals surface area contributed by atoms with E-state index >= 15 is 0 Å². The lowest BCUT2D eigenvalue weighted by atomic mass is 9.95. The molecule has 0 unspecified atom stereocenters. The van der Waals surface area contributed by atoms with Crippen LogP contribution in [0.4, 0.5) is 14.6 Å². The summed E-state index contributed by atoms with van der Waals surface area (Å²) in [6, 6.07) is 16.1. The number of hydrogen-bond acceptors (Lipinski definition) is 6. The summed E-state index contributed by atoms with van der Waals surface area (Å²) in [4.78, 5) is 23.7. The second-order valence-corrected chi connectivity index (χ2v) is 8.38. The van der Waals surface area contributed by atoms with Crippen LogP contribution < -0.4 is 10.2 Å². The van der Waals surface area contributed by atoms with Gasteiger partial charge in [0.15, 0.2) is 0 Å². The quantitative estimate of drug-likeness (QED) is 0.439. The van der Waals surface area contributed by atoms with Gasteiger partial charge in [-0.05, 0) is 43.2 Å². The van der Waals surface area contributed by atoms with Crippen molar-refractivity contribution < 1.29 is 18.1 Å². The highest BCUT2D eigenvalue weighted by atomic mass is 19.1. The first-order valence-electron chi connectivity index (χ1n) is 11.4. The maximum atomic E-state index is 13.8. The first-order chi connectivity index (χ1) is 17.1. The van der Waals surface area contributed by atoms with E-state index in [1.54, 1.807) is 42.6 Å². The molecular weight excluding hydrogens is 452 g/mol. The van der Waals surface area contributed by atoms with E-state index in [4.69, 9.17) is 4.52 Å². The van der Waals surface area contributed by atoms with Gasteiger partial charge in [-0.3, -0.25) is 4.79 Å². The fraction of sp³-hybridized carbons (Fsp3) is 0.231. The van der Waals surface area contributed by atoms with Crippen LogP contribution >= 0.6 is 0 Å². The summed E-state index contributed by atoms with van der Waals surface area (Å²) in [5, 5.41) is 6.85. The second-order valence-electron chi connectivity index (χ2n) is 8.38. The molecule has 4 aromatic rings. The summed E-state index contributed by atoms with van der Waals surface area (Å²) in [5.74, 6) is 0.325. The molecular formula is C26H23F2N5O2. The van der Waals surface area contributed by atoms with Crippen LogP contribution in [0.25, 0.3) is 22.8 Å². The second kappa shape index (κ2) is 10.0. The fourth-order valence-corrected chi connectivity index (χ4v) is 4.22. The van der Waals surface area contributed by atoms with Crippen molar-refractivity contribution in [2.75, 3.05) is 18.0 Å². The van der Waals surface area contributed by atoms with Gasteiger partial charge in [-0.1, -0.05) is 35.5 Å². The van der Waals surface area contributed by atoms with E-state index in [0.717, 1.165) is 0 Å². The summed E-state index contributed by atoms with van der Waals surface area (Å²) in [5.41, 5.74) is 1.66. The molecule has 2 aromatic carbocycles. The summed E-state index contributed by atoms with van der Waals surface area (Å²) in [7, 11) is 0. The van der Waals surface area contributed by atoms with Gasteiger partial charge in [0, 0.05) is 42.9 Å². The van der Waals surface area contributed by atoms with Crippen LogP contribution in [-0.2, 0) is 11.3 Å². The van der Waals surface area contributed by atoms with E-state index in [-0.39, 0.29) is 35.9 Å². The summed E-state index contributed by atoms with van der Waals surface area (Å²) in [6.07, 6.45) is 2.96. The average molecular weight is 475 g/mol. The summed E-state index contributed by atoms with van der Waals surface area (Å²) >= 11 is 0. The molecule has 0 spiro atoms. The number of amides is 1. The molecule has 0 saturated carbocycles. The van der Waals surface area contributed by atoms with Gasteiger partial charge in [0.25, 0.3) is 5.89 Å². The topological polar surface area (TPSA) is 84.2 Å². The smallest absolute Gasteiger partial charge is 0.261 e. The van der Waals surface area contributed by atoms with Gasteiger partial charge in [0.05, 0.1) is 5.56 Å². The van der Waals surface area contributed by atoms with Crippen LogP contribution in [0.1, 0.15) is 18.4 Å². The van der Waals surface area contributed by atoms with Crippen LogP contribution in [0, 0.1) is 17.6 Å². The highest BCUT2D eigenvalue weighted by Gasteiger charge is 2.28. The SMILES string of the molecule is O=C(NCc1ccccc1F)C1CCN(c2ncccc2-c2nc(-c3cccc(F)c3)no2)CC1. The molecule has 2 aromatic heterocycles. The van der Waals surface area contributed by atoms with Crippen molar-refractivity contribution in [2.45, 2.75) is 19.4 Å². The number of halogens is 2. The van der Waals surface area contributed by atoms with Crippen LogP contribution in [0.15, 0.2) is 71.4 Å². The van der Waals surface area contributed by atoms with Gasteiger partial charge in [0.2, 0.25) is 11.7 Å². The Morgan fingerprint density at radius 2 is 1.89 bits per heavy atom. The molecule has 9 heteroatoms. The van der Waals surface area contributed by atoms with E-state index in [0.29, 0.717) is 54.3 Å². The largest absolute Gasteiger partial charge is 0.356 e. The maximum Gasteiger partial charge on any atom is 0.261 e. The third kappa shape index (κ3) is 5.03. The van der Waals surface area contributed by atoms with Crippen molar-refractivity contribution in [3.63, 3.8) is 0 Å². The normalized spacial score (nSPS) is 14.2. The number of nitrogens with zero attached hydrogens (tertiary/aromatic N) is 4. The molecule has 0 radical (unpaired) electrons. The van der Waals surface area contributed by atoms with Crippen molar-refractivity contribution in [1.82, 2.24) is 20.4 Å². The lowest BCUT2D eigenvalue weighted by molar-refractivity contribution is -0.125. The van der Waals surface area contributed by atoms with Gasteiger partial charge in [-0.15, -0.1) is 0 Å². The lowest BCUT2D eigenvalue weighted by Crippen LogP contribution is -2.41. The van der Waals surface area contributed by atoms with E-state index in [9.17, 15) is 13.6 Å². The summed E-state index contributed by atoms with van der Waals surface area (Å²) in [6.45, 7) is 1.40. The average Bonchev–Trinajstić information content (AvgIpc) is 3.39. The minimum atomic E-state index is -0.378. The number of rotatable bonds is 6. The Morgan fingerprint density at radius 1 is 1.06 bits per heavy atom. The third-order valence-electron chi connectivity index (χ3n) is 6.10. The molecule has 1 amide bonds. The predicted octanol–water partition coefficient (Wildman–Crippen LogP) is 4.61. The Hall–Kier alpha value is -4.14. The molecule has 3 heterocycles. The zero-order chi connectivity index (χ0) is 24.2. The third-order valence-corrected chi connectivity index (χ3v) is 6.10. The van der Waals surface area contributed by atoms with Crippen LogP contribution in [0.3, 0.4) is 0 Å². The highest BCUT2D eigenvalue weighted by Crippen LogP contribution is 2.32. The number of anilines is 1. The zero-order valence-electron chi connectivity index (χ0n) is 18.8. The number of carbonyl (C=O) groups is 1. The Bertz CT molecular complexity index is 1330. The predicted molar refractivity (Wildman–Crippen MR) is 126 cm³/mol. The van der Waals surface area contributed by atoms with Crippen molar-refractivity contribution in [2.24, 2.45) is 5.92 Å². The maximum absolute atomic E-state index is 13.8. The van der Waals surface area contributed by atoms with E-state index in [2.05, 4.69) is 25.3 Å². The molecule has 7 nitrogen and oxygen atoms in total. The van der Waals surface area contributed by atoms with Crippen molar-refractivity contribution >= 4 is 11.7 Å².